The molecule has 1 aliphatic rings. The van der Waals surface area contributed by atoms with E-state index in [4.69, 9.17) is 16.3 Å². The van der Waals surface area contributed by atoms with Gasteiger partial charge in [0, 0.05) is 12.1 Å². The van der Waals surface area contributed by atoms with Gasteiger partial charge >= 0.3 is 0 Å². The molecule has 0 saturated carbocycles. The predicted molar refractivity (Wildman–Crippen MR) is 118 cm³/mol. The quantitative estimate of drug-likeness (QED) is 0.544. The average molecular weight is 415 g/mol. The molecular weight excluding hydrogens is 392 g/mol. The van der Waals surface area contributed by atoms with Crippen molar-refractivity contribution in [3.63, 3.8) is 0 Å². The minimum atomic E-state index is -0.0456. The molecule has 1 heterocycles. The van der Waals surface area contributed by atoms with Crippen molar-refractivity contribution in [3.8, 4) is 5.75 Å². The fraction of sp³-hybridized carbons (Fsp3) is 0.273. The largest absolute Gasteiger partial charge is 0.493 e. The Morgan fingerprint density at radius 2 is 1.89 bits per heavy atom. The Labute approximate surface area is 175 Å². The second-order valence-corrected chi connectivity index (χ2v) is 8.15. The Balaban J connectivity index is 1.99. The highest BCUT2D eigenvalue weighted by Crippen LogP contribution is 2.37. The van der Waals surface area contributed by atoms with E-state index >= 15 is 0 Å². The fourth-order valence-electron chi connectivity index (χ4n) is 2.79. The molecule has 1 amide bonds. The minimum absolute atomic E-state index is 0.0456. The number of amidine groups is 1. The van der Waals surface area contributed by atoms with Crippen LogP contribution in [0.1, 0.15) is 26.3 Å². The number of hydrogen-bond acceptors (Lipinski definition) is 4. The van der Waals surface area contributed by atoms with Crippen LogP contribution in [-0.2, 0) is 4.79 Å². The number of rotatable bonds is 6. The zero-order valence-electron chi connectivity index (χ0n) is 16.2. The third-order valence-electron chi connectivity index (χ3n) is 4.01. The molecule has 1 fully saturated rings. The lowest BCUT2D eigenvalue weighted by molar-refractivity contribution is -0.122. The van der Waals surface area contributed by atoms with E-state index in [-0.39, 0.29) is 5.91 Å². The molecule has 2 aromatic rings. The van der Waals surface area contributed by atoms with E-state index in [9.17, 15) is 4.79 Å². The first-order valence-corrected chi connectivity index (χ1v) is 10.5. The second kappa shape index (κ2) is 9.30. The maximum Gasteiger partial charge on any atom is 0.266 e. The van der Waals surface area contributed by atoms with Crippen LogP contribution >= 0.6 is 23.4 Å². The van der Waals surface area contributed by atoms with Crippen molar-refractivity contribution in [1.82, 2.24) is 4.90 Å². The molecule has 0 unspecified atom stereocenters. The number of para-hydroxylation sites is 2. The summed E-state index contributed by atoms with van der Waals surface area (Å²) in [6, 6.07) is 15.1. The number of amides is 1. The predicted octanol–water partition coefficient (Wildman–Crippen LogP) is 6.00. The van der Waals surface area contributed by atoms with E-state index in [1.165, 1.54) is 11.8 Å². The number of nitrogens with zero attached hydrogens (tertiary/aromatic N) is 2. The third-order valence-corrected chi connectivity index (χ3v) is 5.34. The summed E-state index contributed by atoms with van der Waals surface area (Å²) in [5, 5.41) is 1.21. The molecule has 1 aliphatic heterocycles. The summed E-state index contributed by atoms with van der Waals surface area (Å²) in [5.74, 6) is 1.03. The molecule has 0 atom stereocenters. The molecule has 146 valence electrons. The molecule has 4 nitrogen and oxygen atoms in total. The van der Waals surface area contributed by atoms with Crippen LogP contribution in [0.5, 0.6) is 5.75 Å². The van der Waals surface area contributed by atoms with E-state index in [1.54, 1.807) is 11.0 Å². The zero-order valence-corrected chi connectivity index (χ0v) is 17.8. The van der Waals surface area contributed by atoms with E-state index in [0.717, 1.165) is 11.3 Å². The summed E-state index contributed by atoms with van der Waals surface area (Å²) in [6.07, 6.45) is 1.88. The summed E-state index contributed by atoms with van der Waals surface area (Å²) < 4.78 is 5.69. The first kappa shape index (κ1) is 20.5. The highest BCUT2D eigenvalue weighted by atomic mass is 35.5. The minimum Gasteiger partial charge on any atom is -0.493 e. The van der Waals surface area contributed by atoms with Crippen LogP contribution in [0.25, 0.3) is 6.08 Å². The van der Waals surface area contributed by atoms with Gasteiger partial charge in [0.15, 0.2) is 5.17 Å². The highest BCUT2D eigenvalue weighted by molar-refractivity contribution is 8.18. The molecule has 0 aromatic heterocycles. The van der Waals surface area contributed by atoms with Crippen molar-refractivity contribution in [2.75, 3.05) is 13.2 Å². The van der Waals surface area contributed by atoms with Crippen LogP contribution in [0.4, 0.5) is 5.69 Å². The SMILES string of the molecule is CCOc1ccccc1/C=C1/SC(=Nc2ccccc2Cl)N(CC(C)C)C1=O. The number of carbonyl (C=O) groups excluding carboxylic acids is 1. The van der Waals surface area contributed by atoms with Gasteiger partial charge in [-0.05, 0) is 48.9 Å². The molecule has 0 aliphatic carbocycles. The number of carbonyl (C=O) groups is 1. The maximum atomic E-state index is 13.1. The summed E-state index contributed by atoms with van der Waals surface area (Å²) in [7, 11) is 0. The van der Waals surface area contributed by atoms with Crippen LogP contribution < -0.4 is 4.74 Å². The maximum absolute atomic E-state index is 13.1. The second-order valence-electron chi connectivity index (χ2n) is 6.74. The number of aliphatic imine (C=N–C) groups is 1. The number of hydrogen-bond donors (Lipinski definition) is 0. The normalized spacial score (nSPS) is 17.2. The topological polar surface area (TPSA) is 41.9 Å². The monoisotopic (exact) mass is 414 g/mol. The Kier molecular flexibility index (Phi) is 6.81. The Morgan fingerprint density at radius 3 is 2.61 bits per heavy atom. The zero-order chi connectivity index (χ0) is 20.1. The Bertz CT molecular complexity index is 924. The van der Waals surface area contributed by atoms with Gasteiger partial charge in [0.1, 0.15) is 5.75 Å². The van der Waals surface area contributed by atoms with E-state index in [2.05, 4.69) is 18.8 Å². The number of benzene rings is 2. The van der Waals surface area contributed by atoms with E-state index in [1.807, 2.05) is 55.5 Å². The molecule has 1 saturated heterocycles. The van der Waals surface area contributed by atoms with Gasteiger partial charge in [-0.1, -0.05) is 55.8 Å². The van der Waals surface area contributed by atoms with Gasteiger partial charge < -0.3 is 4.74 Å². The van der Waals surface area contributed by atoms with Gasteiger partial charge in [-0.2, -0.15) is 0 Å². The summed E-state index contributed by atoms with van der Waals surface area (Å²) in [6.45, 7) is 7.27. The van der Waals surface area contributed by atoms with Crippen molar-refractivity contribution >= 4 is 46.2 Å². The van der Waals surface area contributed by atoms with Gasteiger partial charge in [0.05, 0.1) is 22.2 Å². The highest BCUT2D eigenvalue weighted by Gasteiger charge is 2.34. The molecule has 2 aromatic carbocycles. The average Bonchev–Trinajstić information content (AvgIpc) is 2.94. The van der Waals surface area contributed by atoms with Gasteiger partial charge in [0.25, 0.3) is 5.91 Å². The standard InChI is InChI=1S/C22H23ClN2O2S/c1-4-27-19-12-8-5-9-16(19)13-20-21(26)25(14-15(2)3)22(28-20)24-18-11-7-6-10-17(18)23/h5-13,15H,4,14H2,1-3H3/b20-13+,24-22?. The molecule has 3 rings (SSSR count). The summed E-state index contributed by atoms with van der Waals surface area (Å²) >= 11 is 7.63. The van der Waals surface area contributed by atoms with Crippen LogP contribution in [-0.4, -0.2) is 29.1 Å². The molecule has 0 spiro atoms. The van der Waals surface area contributed by atoms with Crippen LogP contribution in [0.2, 0.25) is 5.02 Å². The molecular formula is C22H23ClN2O2S. The number of ether oxygens (including phenoxy) is 1. The van der Waals surface area contributed by atoms with Gasteiger partial charge in [-0.15, -0.1) is 0 Å². The summed E-state index contributed by atoms with van der Waals surface area (Å²) in [5.41, 5.74) is 1.54. The first-order chi connectivity index (χ1) is 13.5. The Morgan fingerprint density at radius 1 is 1.18 bits per heavy atom. The summed E-state index contributed by atoms with van der Waals surface area (Å²) in [4.78, 5) is 20.1. The lowest BCUT2D eigenvalue weighted by Crippen LogP contribution is -2.32. The number of thioether (sulfide) groups is 1. The van der Waals surface area contributed by atoms with Crippen molar-refractivity contribution in [3.05, 3.63) is 64.0 Å². The van der Waals surface area contributed by atoms with Gasteiger partial charge in [-0.3, -0.25) is 9.69 Å². The first-order valence-electron chi connectivity index (χ1n) is 9.26. The number of halogens is 1. The third kappa shape index (κ3) is 4.78. The van der Waals surface area contributed by atoms with Crippen molar-refractivity contribution in [2.24, 2.45) is 10.9 Å². The molecule has 28 heavy (non-hydrogen) atoms. The van der Waals surface area contributed by atoms with Crippen molar-refractivity contribution in [1.29, 1.82) is 0 Å². The van der Waals surface area contributed by atoms with Gasteiger partial charge in [-0.25, -0.2) is 4.99 Å². The molecule has 6 heteroatoms. The lowest BCUT2D eigenvalue weighted by Gasteiger charge is -2.18. The van der Waals surface area contributed by atoms with E-state index in [0.29, 0.717) is 39.9 Å². The smallest absolute Gasteiger partial charge is 0.266 e. The van der Waals surface area contributed by atoms with Crippen molar-refractivity contribution in [2.45, 2.75) is 20.8 Å². The van der Waals surface area contributed by atoms with Crippen LogP contribution in [0.15, 0.2) is 58.4 Å². The van der Waals surface area contributed by atoms with Gasteiger partial charge in [0.2, 0.25) is 0 Å². The lowest BCUT2D eigenvalue weighted by atomic mass is 10.1. The molecule has 0 N–H and O–H groups in total. The molecule has 0 radical (unpaired) electrons. The molecule has 0 bridgehead atoms. The van der Waals surface area contributed by atoms with Crippen molar-refractivity contribution < 1.29 is 9.53 Å². The van der Waals surface area contributed by atoms with Crippen LogP contribution in [0.3, 0.4) is 0 Å². The Hall–Kier alpha value is -2.24. The van der Waals surface area contributed by atoms with E-state index < -0.39 is 0 Å². The fourth-order valence-corrected chi connectivity index (χ4v) is 3.96. The van der Waals surface area contributed by atoms with Crippen LogP contribution in [0, 0.1) is 5.92 Å².